The van der Waals surface area contributed by atoms with Gasteiger partial charge in [0, 0.05) is 11.5 Å². The summed E-state index contributed by atoms with van der Waals surface area (Å²) in [6, 6.07) is 5.84. The maximum atomic E-state index is 9.06. The topological polar surface area (TPSA) is 69.0 Å². The van der Waals surface area contributed by atoms with Gasteiger partial charge >= 0.3 is 0 Å². The number of hydrogen-bond acceptors (Lipinski definition) is 2. The third-order valence-corrected chi connectivity index (χ3v) is 2.10. The summed E-state index contributed by atoms with van der Waals surface area (Å²) in [5, 5.41) is 12.5. The second-order valence-electron chi connectivity index (χ2n) is 3.16. The van der Waals surface area contributed by atoms with Crippen LogP contribution in [0.2, 0.25) is 0 Å². The van der Waals surface area contributed by atoms with E-state index in [0.717, 1.165) is 16.7 Å². The molecule has 0 saturated heterocycles. The van der Waals surface area contributed by atoms with E-state index in [4.69, 9.17) is 10.6 Å². The quantitative estimate of drug-likeness (QED) is 0.456. The van der Waals surface area contributed by atoms with Gasteiger partial charge in [-0.2, -0.15) is 0 Å². The highest BCUT2D eigenvalue weighted by Gasteiger charge is 1.96. The monoisotopic (exact) mass is 203 g/mol. The van der Waals surface area contributed by atoms with Gasteiger partial charge < -0.3 is 5.11 Å². The summed E-state index contributed by atoms with van der Waals surface area (Å²) in [5.41, 5.74) is 11.1. The molecule has 1 rings (SSSR count). The number of benzene rings is 1. The van der Waals surface area contributed by atoms with Gasteiger partial charge in [-0.3, -0.25) is 0 Å². The van der Waals surface area contributed by atoms with Crippen LogP contribution in [-0.2, 0) is 6.61 Å². The fourth-order valence-corrected chi connectivity index (χ4v) is 1.24. The minimum absolute atomic E-state index is 0.0455. The first-order valence-electron chi connectivity index (χ1n) is 4.65. The number of aliphatic hydroxyl groups is 1. The molecular weight excluding hydrogens is 190 g/mol. The Kier molecular flexibility index (Phi) is 4.41. The minimum Gasteiger partial charge on any atom is -0.392 e. The van der Waals surface area contributed by atoms with E-state index in [9.17, 15) is 0 Å². The van der Waals surface area contributed by atoms with Gasteiger partial charge in [0.05, 0.1) is 6.61 Å². The van der Waals surface area contributed by atoms with Crippen molar-refractivity contribution >= 4 is 6.08 Å². The summed E-state index contributed by atoms with van der Waals surface area (Å²) < 4.78 is 0. The average Bonchev–Trinajstić information content (AvgIpc) is 2.26. The Morgan fingerprint density at radius 2 is 2.33 bits per heavy atom. The van der Waals surface area contributed by atoms with Gasteiger partial charge in [0.1, 0.15) is 0 Å². The fraction of sp³-hybridized carbons (Fsp3) is 0.273. The van der Waals surface area contributed by atoms with Gasteiger partial charge in [0.25, 0.3) is 0 Å². The molecule has 0 saturated carbocycles. The third-order valence-electron chi connectivity index (χ3n) is 2.10. The molecule has 0 aliphatic rings. The molecule has 0 amide bonds. The van der Waals surface area contributed by atoms with Crippen LogP contribution in [0, 0.1) is 6.92 Å². The molecule has 4 nitrogen and oxygen atoms in total. The zero-order chi connectivity index (χ0) is 11.1. The molecule has 0 atom stereocenters. The molecule has 0 radical (unpaired) electrons. The van der Waals surface area contributed by atoms with Crippen molar-refractivity contribution in [3.63, 3.8) is 0 Å². The van der Waals surface area contributed by atoms with Crippen LogP contribution >= 0.6 is 0 Å². The van der Waals surface area contributed by atoms with Crippen molar-refractivity contribution in [3.05, 3.63) is 51.4 Å². The van der Waals surface area contributed by atoms with Crippen LogP contribution < -0.4 is 0 Å². The van der Waals surface area contributed by atoms with Crippen LogP contribution in [0.15, 0.2) is 29.4 Å². The summed E-state index contributed by atoms with van der Waals surface area (Å²) in [6.45, 7) is 2.35. The Morgan fingerprint density at radius 1 is 1.53 bits per heavy atom. The molecule has 0 spiro atoms. The highest BCUT2D eigenvalue weighted by atomic mass is 16.3. The Hall–Kier alpha value is -1.77. The lowest BCUT2D eigenvalue weighted by molar-refractivity contribution is 0.281. The van der Waals surface area contributed by atoms with Crippen LogP contribution in [0.25, 0.3) is 16.5 Å². The van der Waals surface area contributed by atoms with E-state index >= 15 is 0 Å². The van der Waals surface area contributed by atoms with Gasteiger partial charge in [0.15, 0.2) is 0 Å². The van der Waals surface area contributed by atoms with E-state index in [2.05, 4.69) is 10.0 Å². The molecular formula is C11H13N3O. The predicted octanol–water partition coefficient (Wildman–Crippen LogP) is 2.81. The lowest BCUT2D eigenvalue weighted by atomic mass is 10.1. The highest BCUT2D eigenvalue weighted by molar-refractivity contribution is 5.51. The third kappa shape index (κ3) is 3.46. The Labute approximate surface area is 88.5 Å². The Balaban J connectivity index is 2.78. The van der Waals surface area contributed by atoms with Crippen molar-refractivity contribution in [2.24, 2.45) is 5.11 Å². The zero-order valence-corrected chi connectivity index (χ0v) is 8.59. The number of hydrogen-bond donors (Lipinski definition) is 1. The average molecular weight is 203 g/mol. The summed E-state index contributed by atoms with van der Waals surface area (Å²) in [6.07, 6.45) is 3.65. The highest BCUT2D eigenvalue weighted by Crippen LogP contribution is 2.12. The number of nitrogens with zero attached hydrogens (tertiary/aromatic N) is 3. The lowest BCUT2D eigenvalue weighted by Gasteiger charge is -2.02. The van der Waals surface area contributed by atoms with Crippen molar-refractivity contribution in [2.45, 2.75) is 13.5 Å². The van der Waals surface area contributed by atoms with E-state index in [0.29, 0.717) is 6.54 Å². The molecule has 0 aliphatic carbocycles. The van der Waals surface area contributed by atoms with Crippen LogP contribution in [-0.4, -0.2) is 11.7 Å². The predicted molar refractivity (Wildman–Crippen MR) is 60.1 cm³/mol. The van der Waals surface area contributed by atoms with E-state index in [1.807, 2.05) is 31.2 Å². The fourth-order valence-electron chi connectivity index (χ4n) is 1.24. The maximum Gasteiger partial charge on any atom is 0.0684 e. The molecule has 0 bridgehead atoms. The van der Waals surface area contributed by atoms with Crippen molar-refractivity contribution in [3.8, 4) is 0 Å². The molecule has 1 N–H and O–H groups in total. The van der Waals surface area contributed by atoms with Crippen molar-refractivity contribution in [1.29, 1.82) is 0 Å². The number of azide groups is 1. The second kappa shape index (κ2) is 5.86. The maximum absolute atomic E-state index is 9.06. The Bertz CT molecular complexity index is 406. The van der Waals surface area contributed by atoms with Gasteiger partial charge in [-0.15, -0.1) is 0 Å². The molecule has 4 heteroatoms. The largest absolute Gasteiger partial charge is 0.392 e. The van der Waals surface area contributed by atoms with E-state index in [1.54, 1.807) is 6.08 Å². The Morgan fingerprint density at radius 3 is 3.00 bits per heavy atom. The number of aryl methyl sites for hydroxylation is 1. The summed E-state index contributed by atoms with van der Waals surface area (Å²) >= 11 is 0. The first-order valence-corrected chi connectivity index (χ1v) is 4.65. The van der Waals surface area contributed by atoms with Gasteiger partial charge in [-0.05, 0) is 35.2 Å². The second-order valence-corrected chi connectivity index (χ2v) is 3.16. The van der Waals surface area contributed by atoms with Crippen molar-refractivity contribution in [2.75, 3.05) is 6.54 Å². The summed E-state index contributed by atoms with van der Waals surface area (Å²) in [4.78, 5) is 2.65. The standard InChI is InChI=1S/C11H13N3O/c1-9-4-5-10(7-11(9)8-15)3-2-6-13-14-12/h2-5,7,15H,6,8H2,1H3. The number of rotatable bonds is 4. The molecule has 0 heterocycles. The van der Waals surface area contributed by atoms with E-state index in [-0.39, 0.29) is 6.61 Å². The van der Waals surface area contributed by atoms with Crippen LogP contribution in [0.4, 0.5) is 0 Å². The summed E-state index contributed by atoms with van der Waals surface area (Å²) in [5.74, 6) is 0. The van der Waals surface area contributed by atoms with Crippen LogP contribution in [0.3, 0.4) is 0 Å². The van der Waals surface area contributed by atoms with Crippen LogP contribution in [0.5, 0.6) is 0 Å². The van der Waals surface area contributed by atoms with Crippen LogP contribution in [0.1, 0.15) is 16.7 Å². The van der Waals surface area contributed by atoms with Gasteiger partial charge in [0.2, 0.25) is 0 Å². The smallest absolute Gasteiger partial charge is 0.0684 e. The minimum atomic E-state index is 0.0455. The molecule has 0 aliphatic heterocycles. The molecule has 1 aromatic carbocycles. The lowest BCUT2D eigenvalue weighted by Crippen LogP contribution is -1.88. The molecule has 78 valence electrons. The summed E-state index contributed by atoms with van der Waals surface area (Å²) in [7, 11) is 0. The molecule has 0 fully saturated rings. The van der Waals surface area contributed by atoms with Gasteiger partial charge in [-0.1, -0.05) is 29.4 Å². The normalized spacial score (nSPS) is 10.3. The van der Waals surface area contributed by atoms with Gasteiger partial charge in [-0.25, -0.2) is 0 Å². The number of aliphatic hydroxyl groups excluding tert-OH is 1. The SMILES string of the molecule is Cc1ccc(C=CCN=[N+]=[N-])cc1CO. The first kappa shape index (κ1) is 11.3. The first-order chi connectivity index (χ1) is 7.27. The molecule has 15 heavy (non-hydrogen) atoms. The molecule has 0 aromatic heterocycles. The van der Waals surface area contributed by atoms with E-state index in [1.165, 1.54) is 0 Å². The molecule has 1 aromatic rings. The van der Waals surface area contributed by atoms with Crippen molar-refractivity contribution in [1.82, 2.24) is 0 Å². The van der Waals surface area contributed by atoms with Crippen molar-refractivity contribution < 1.29 is 5.11 Å². The zero-order valence-electron chi connectivity index (χ0n) is 8.59. The van der Waals surface area contributed by atoms with E-state index < -0.39 is 0 Å². The molecule has 0 unspecified atom stereocenters.